The number of imide groups is 1. The van der Waals surface area contributed by atoms with Gasteiger partial charge >= 0.3 is 5.97 Å². The number of ether oxygens (including phenoxy) is 1. The number of para-hydroxylation sites is 1. The van der Waals surface area contributed by atoms with Gasteiger partial charge in [-0.2, -0.15) is 0 Å². The van der Waals surface area contributed by atoms with E-state index in [-0.39, 0.29) is 24.5 Å². The van der Waals surface area contributed by atoms with Crippen molar-refractivity contribution < 1.29 is 29.3 Å². The first-order valence-corrected chi connectivity index (χ1v) is 11.8. The number of hydrogen-bond acceptors (Lipinski definition) is 7. The molecule has 2 fully saturated rings. The lowest BCUT2D eigenvalue weighted by atomic mass is 9.76. The Morgan fingerprint density at radius 2 is 1.53 bits per heavy atom. The fourth-order valence-corrected chi connectivity index (χ4v) is 5.42. The van der Waals surface area contributed by atoms with Crippen LogP contribution in [-0.4, -0.2) is 40.1 Å². The van der Waals surface area contributed by atoms with E-state index in [1.54, 1.807) is 61.5 Å². The van der Waals surface area contributed by atoms with E-state index in [1.807, 2.05) is 0 Å². The largest absolute Gasteiger partial charge is 0.508 e. The minimum atomic E-state index is -1.53. The highest BCUT2D eigenvalue weighted by Crippen LogP contribution is 2.51. The molecule has 0 aliphatic carbocycles. The van der Waals surface area contributed by atoms with Crippen molar-refractivity contribution in [3.8, 4) is 11.5 Å². The second-order valence-electron chi connectivity index (χ2n) is 9.10. The Hall–Kier alpha value is -4.17. The van der Waals surface area contributed by atoms with Crippen molar-refractivity contribution in [3.05, 3.63) is 90.0 Å². The van der Waals surface area contributed by atoms with Crippen LogP contribution >= 0.6 is 0 Å². The van der Waals surface area contributed by atoms with E-state index >= 15 is 0 Å². The first kappa shape index (κ1) is 23.6. The minimum Gasteiger partial charge on any atom is -0.508 e. The molecule has 4 atom stereocenters. The molecule has 3 aromatic carbocycles. The Balaban J connectivity index is 1.67. The molecule has 3 aromatic rings. The lowest BCUT2D eigenvalue weighted by Crippen LogP contribution is -2.58. The molecule has 36 heavy (non-hydrogen) atoms. The van der Waals surface area contributed by atoms with Crippen LogP contribution in [0.3, 0.4) is 0 Å². The molecular weight excluding hydrogens is 460 g/mol. The molecule has 8 nitrogen and oxygen atoms in total. The van der Waals surface area contributed by atoms with Crippen molar-refractivity contribution in [1.82, 2.24) is 5.32 Å². The smallest absolute Gasteiger partial charge is 0.327 e. The van der Waals surface area contributed by atoms with Crippen LogP contribution in [0.4, 0.5) is 5.69 Å². The first-order chi connectivity index (χ1) is 17.4. The highest BCUT2D eigenvalue weighted by Gasteiger charge is 2.69. The molecule has 2 aliphatic heterocycles. The molecule has 2 heterocycles. The van der Waals surface area contributed by atoms with Crippen LogP contribution < -0.4 is 10.2 Å². The number of aromatic hydroxyl groups is 2. The molecule has 2 aliphatic rings. The number of anilines is 1. The number of phenolic OH excluding ortho intramolecular Hbond substituents is 2. The minimum absolute atomic E-state index is 0.0637. The van der Waals surface area contributed by atoms with Gasteiger partial charge in [0.15, 0.2) is 0 Å². The fraction of sp³-hybridized carbons (Fsp3) is 0.250. The third kappa shape index (κ3) is 3.79. The molecule has 0 saturated carbocycles. The number of amides is 2. The molecule has 5 rings (SSSR count). The number of esters is 1. The summed E-state index contributed by atoms with van der Waals surface area (Å²) in [6.07, 6.45) is 0.0729. The Morgan fingerprint density at radius 3 is 2.14 bits per heavy atom. The maximum atomic E-state index is 14.0. The highest BCUT2D eigenvalue weighted by molar-refractivity contribution is 6.24. The van der Waals surface area contributed by atoms with Gasteiger partial charge in [-0.15, -0.1) is 0 Å². The van der Waals surface area contributed by atoms with Gasteiger partial charge in [0.25, 0.3) is 0 Å². The molecule has 0 aromatic heterocycles. The number of carbonyl (C=O) groups is 3. The number of phenols is 2. The van der Waals surface area contributed by atoms with Gasteiger partial charge in [-0.1, -0.05) is 42.5 Å². The summed E-state index contributed by atoms with van der Waals surface area (Å²) >= 11 is 0. The molecule has 0 bridgehead atoms. The molecule has 2 amide bonds. The van der Waals surface area contributed by atoms with Crippen LogP contribution in [0, 0.1) is 11.8 Å². The molecule has 0 spiro atoms. The predicted octanol–water partition coefficient (Wildman–Crippen LogP) is 3.09. The zero-order valence-corrected chi connectivity index (χ0v) is 19.6. The molecule has 0 unspecified atom stereocenters. The van der Waals surface area contributed by atoms with Crippen molar-refractivity contribution in [2.75, 3.05) is 11.5 Å². The second kappa shape index (κ2) is 9.13. The van der Waals surface area contributed by atoms with E-state index < -0.39 is 41.2 Å². The van der Waals surface area contributed by atoms with Crippen LogP contribution in [-0.2, 0) is 25.5 Å². The van der Waals surface area contributed by atoms with E-state index in [2.05, 4.69) is 5.32 Å². The topological polar surface area (TPSA) is 116 Å². The van der Waals surface area contributed by atoms with Crippen molar-refractivity contribution >= 4 is 23.5 Å². The Labute approximate surface area is 208 Å². The van der Waals surface area contributed by atoms with Gasteiger partial charge in [0, 0.05) is 12.5 Å². The van der Waals surface area contributed by atoms with Gasteiger partial charge in [-0.3, -0.25) is 19.7 Å². The van der Waals surface area contributed by atoms with Gasteiger partial charge < -0.3 is 14.9 Å². The Morgan fingerprint density at radius 1 is 0.917 bits per heavy atom. The summed E-state index contributed by atoms with van der Waals surface area (Å²) in [4.78, 5) is 42.6. The number of nitrogens with one attached hydrogen (secondary N) is 1. The molecule has 2 saturated heterocycles. The zero-order chi connectivity index (χ0) is 25.4. The van der Waals surface area contributed by atoms with Gasteiger partial charge in [0.2, 0.25) is 11.8 Å². The lowest BCUT2D eigenvalue weighted by molar-refractivity contribution is -0.154. The monoisotopic (exact) mass is 486 g/mol. The number of benzene rings is 3. The normalized spacial score (nSPS) is 25.1. The summed E-state index contributed by atoms with van der Waals surface area (Å²) in [6, 6.07) is 20.7. The van der Waals surface area contributed by atoms with Gasteiger partial charge in [-0.25, -0.2) is 4.90 Å². The van der Waals surface area contributed by atoms with E-state index in [0.29, 0.717) is 16.8 Å². The van der Waals surface area contributed by atoms with Crippen LogP contribution in [0.5, 0.6) is 11.5 Å². The average Bonchev–Trinajstić information content (AvgIpc) is 3.35. The molecule has 0 radical (unpaired) electrons. The van der Waals surface area contributed by atoms with E-state index in [1.165, 1.54) is 24.3 Å². The van der Waals surface area contributed by atoms with Gasteiger partial charge in [0.1, 0.15) is 17.0 Å². The Bertz CT molecular complexity index is 1290. The third-order valence-corrected chi connectivity index (χ3v) is 6.98. The van der Waals surface area contributed by atoms with Gasteiger partial charge in [-0.05, 0) is 54.4 Å². The first-order valence-electron chi connectivity index (χ1n) is 11.8. The van der Waals surface area contributed by atoms with Crippen molar-refractivity contribution in [3.63, 3.8) is 0 Å². The van der Waals surface area contributed by atoms with Crippen LogP contribution in [0.1, 0.15) is 24.1 Å². The Kier molecular flexibility index (Phi) is 5.97. The summed E-state index contributed by atoms with van der Waals surface area (Å²) < 4.78 is 5.49. The second-order valence-corrected chi connectivity index (χ2v) is 9.10. The molecule has 184 valence electrons. The van der Waals surface area contributed by atoms with Gasteiger partial charge in [0.05, 0.1) is 24.1 Å². The number of fused-ring (bicyclic) bond motifs is 1. The summed E-state index contributed by atoms with van der Waals surface area (Å²) in [5, 5.41) is 22.9. The molecule has 3 N–H and O–H groups in total. The summed E-state index contributed by atoms with van der Waals surface area (Å²) in [7, 11) is 0. The van der Waals surface area contributed by atoms with Crippen molar-refractivity contribution in [2.24, 2.45) is 11.8 Å². The van der Waals surface area contributed by atoms with Crippen LogP contribution in [0.2, 0.25) is 0 Å². The SMILES string of the molecule is CCOC(=O)[C@]1(Cc2ccc(O)cc2)N[C@H](c2ccc(O)cc2)[C@@H]2C(=O)N(c3ccccc3)C(=O)[C@H]21. The number of hydrogen-bond donors (Lipinski definition) is 3. The summed E-state index contributed by atoms with van der Waals surface area (Å²) in [5.74, 6) is -3.26. The fourth-order valence-electron chi connectivity index (χ4n) is 5.42. The number of carbonyl (C=O) groups excluding carboxylic acids is 3. The number of rotatable bonds is 6. The van der Waals surface area contributed by atoms with E-state index in [0.717, 1.165) is 4.90 Å². The quantitative estimate of drug-likeness (QED) is 0.362. The number of nitrogens with zero attached hydrogens (tertiary/aromatic N) is 1. The highest BCUT2D eigenvalue weighted by atomic mass is 16.5. The third-order valence-electron chi connectivity index (χ3n) is 6.98. The zero-order valence-electron chi connectivity index (χ0n) is 19.6. The van der Waals surface area contributed by atoms with E-state index in [4.69, 9.17) is 4.74 Å². The molecule has 8 heteroatoms. The van der Waals surface area contributed by atoms with E-state index in [9.17, 15) is 24.6 Å². The van der Waals surface area contributed by atoms with Crippen LogP contribution in [0.15, 0.2) is 78.9 Å². The summed E-state index contributed by atoms with van der Waals surface area (Å²) in [5.41, 5.74) is 0.262. The van der Waals surface area contributed by atoms with Crippen molar-refractivity contribution in [1.29, 1.82) is 0 Å². The lowest BCUT2D eigenvalue weighted by Gasteiger charge is -2.33. The maximum absolute atomic E-state index is 14.0. The summed E-state index contributed by atoms with van der Waals surface area (Å²) in [6.45, 7) is 1.79. The van der Waals surface area contributed by atoms with Crippen molar-refractivity contribution in [2.45, 2.75) is 24.9 Å². The maximum Gasteiger partial charge on any atom is 0.327 e. The standard InChI is InChI=1S/C28H26N2O6/c1-2-36-27(35)28(16-17-8-12-20(31)13-9-17)23-22(24(29-28)18-10-14-21(32)15-11-18)25(33)30(26(23)34)19-6-4-3-5-7-19/h3-15,22-24,29,31-32H,2,16H2,1H3/t22-,23+,24-,28-/m1/s1. The average molecular weight is 487 g/mol. The van der Waals surface area contributed by atoms with Crippen LogP contribution in [0.25, 0.3) is 0 Å². The predicted molar refractivity (Wildman–Crippen MR) is 131 cm³/mol. The molecular formula is C28H26N2O6.